The van der Waals surface area contributed by atoms with Crippen LogP contribution in [0.25, 0.3) is 0 Å². The summed E-state index contributed by atoms with van der Waals surface area (Å²) in [6, 6.07) is 6.07. The number of nitrogens with one attached hydrogen (secondary N) is 1. The molecule has 0 spiro atoms. The lowest BCUT2D eigenvalue weighted by molar-refractivity contribution is 0.117. The largest absolute Gasteiger partial charge is 0.381 e. The molecule has 1 atom stereocenters. The minimum Gasteiger partial charge on any atom is -0.381 e. The van der Waals surface area contributed by atoms with Gasteiger partial charge in [-0.25, -0.2) is 0 Å². The van der Waals surface area contributed by atoms with Gasteiger partial charge in [0.1, 0.15) is 0 Å². The molecule has 0 amide bonds. The zero-order chi connectivity index (χ0) is 12.8. The molecule has 1 N–H and O–H groups in total. The number of aromatic nitrogens is 1. The summed E-state index contributed by atoms with van der Waals surface area (Å²) in [7, 11) is 4.17. The van der Waals surface area contributed by atoms with Crippen molar-refractivity contribution in [2.75, 3.05) is 40.4 Å². The van der Waals surface area contributed by atoms with Crippen molar-refractivity contribution in [2.24, 2.45) is 5.41 Å². The molecular weight excluding hydrogens is 226 g/mol. The summed E-state index contributed by atoms with van der Waals surface area (Å²) in [5, 5.41) is 3.30. The second-order valence-electron chi connectivity index (χ2n) is 5.33. The molecule has 100 valence electrons. The SMILES string of the molecule is CNCC1(CN(C)Cc2ccccn2)CCOC1. The smallest absolute Gasteiger partial charge is 0.0547 e. The van der Waals surface area contributed by atoms with Crippen LogP contribution in [-0.2, 0) is 11.3 Å². The predicted octanol–water partition coefficient (Wildman–Crippen LogP) is 1.14. The molecule has 4 heteroatoms. The van der Waals surface area contributed by atoms with Gasteiger partial charge in [0.05, 0.1) is 12.3 Å². The van der Waals surface area contributed by atoms with Crippen molar-refractivity contribution in [3.8, 4) is 0 Å². The molecule has 2 heterocycles. The summed E-state index contributed by atoms with van der Waals surface area (Å²) < 4.78 is 5.58. The molecule has 0 bridgehead atoms. The van der Waals surface area contributed by atoms with Gasteiger partial charge in [0, 0.05) is 37.9 Å². The van der Waals surface area contributed by atoms with Crippen LogP contribution < -0.4 is 5.32 Å². The standard InChI is InChI=1S/C14H23N3O/c1-15-10-14(6-8-18-12-14)11-17(2)9-13-5-3-4-7-16-13/h3-5,7,15H,6,8-12H2,1-2H3. The maximum Gasteiger partial charge on any atom is 0.0547 e. The van der Waals surface area contributed by atoms with Gasteiger partial charge in [0.2, 0.25) is 0 Å². The van der Waals surface area contributed by atoms with Gasteiger partial charge in [-0.3, -0.25) is 9.88 Å². The average molecular weight is 249 g/mol. The zero-order valence-electron chi connectivity index (χ0n) is 11.4. The average Bonchev–Trinajstić information content (AvgIpc) is 2.79. The van der Waals surface area contributed by atoms with Crippen molar-refractivity contribution in [3.05, 3.63) is 30.1 Å². The molecule has 1 aromatic heterocycles. The van der Waals surface area contributed by atoms with Gasteiger partial charge in [-0.05, 0) is 32.6 Å². The van der Waals surface area contributed by atoms with Crippen molar-refractivity contribution in [1.82, 2.24) is 15.2 Å². The van der Waals surface area contributed by atoms with Crippen LogP contribution in [-0.4, -0.2) is 50.3 Å². The summed E-state index contributed by atoms with van der Waals surface area (Å²) >= 11 is 0. The number of hydrogen-bond donors (Lipinski definition) is 1. The van der Waals surface area contributed by atoms with Crippen LogP contribution in [0.5, 0.6) is 0 Å². The van der Waals surface area contributed by atoms with Crippen LogP contribution in [0.15, 0.2) is 24.4 Å². The summed E-state index contributed by atoms with van der Waals surface area (Å²) in [5.74, 6) is 0. The number of rotatable bonds is 6. The first kappa shape index (κ1) is 13.5. The molecule has 1 aliphatic rings. The highest BCUT2D eigenvalue weighted by atomic mass is 16.5. The zero-order valence-corrected chi connectivity index (χ0v) is 11.4. The van der Waals surface area contributed by atoms with Crippen molar-refractivity contribution in [2.45, 2.75) is 13.0 Å². The number of hydrogen-bond acceptors (Lipinski definition) is 4. The molecule has 18 heavy (non-hydrogen) atoms. The van der Waals surface area contributed by atoms with Crippen LogP contribution in [0.1, 0.15) is 12.1 Å². The Labute approximate surface area is 109 Å². The molecule has 0 radical (unpaired) electrons. The van der Waals surface area contributed by atoms with Gasteiger partial charge in [-0.2, -0.15) is 0 Å². The van der Waals surface area contributed by atoms with Crippen molar-refractivity contribution >= 4 is 0 Å². The van der Waals surface area contributed by atoms with Crippen molar-refractivity contribution < 1.29 is 4.74 Å². The second-order valence-corrected chi connectivity index (χ2v) is 5.33. The molecule has 1 aliphatic heterocycles. The molecule has 1 unspecified atom stereocenters. The number of pyridine rings is 1. The molecule has 0 saturated carbocycles. The van der Waals surface area contributed by atoms with Gasteiger partial charge in [0.15, 0.2) is 0 Å². The minimum absolute atomic E-state index is 0.262. The fourth-order valence-electron chi connectivity index (χ4n) is 2.74. The van der Waals surface area contributed by atoms with Gasteiger partial charge in [-0.15, -0.1) is 0 Å². The minimum atomic E-state index is 0.262. The first-order chi connectivity index (χ1) is 8.74. The molecule has 1 fully saturated rings. The van der Waals surface area contributed by atoms with E-state index in [2.05, 4.69) is 28.3 Å². The quantitative estimate of drug-likeness (QED) is 0.820. The monoisotopic (exact) mass is 249 g/mol. The van der Waals surface area contributed by atoms with E-state index in [1.807, 2.05) is 25.4 Å². The maximum atomic E-state index is 5.58. The Morgan fingerprint density at radius 1 is 1.50 bits per heavy atom. The fourth-order valence-corrected chi connectivity index (χ4v) is 2.74. The van der Waals surface area contributed by atoms with E-state index in [1.165, 1.54) is 0 Å². The lowest BCUT2D eigenvalue weighted by Crippen LogP contribution is -2.42. The summed E-state index contributed by atoms with van der Waals surface area (Å²) in [6.45, 7) is 4.70. The van der Waals surface area contributed by atoms with E-state index in [0.717, 1.165) is 45.0 Å². The second kappa shape index (κ2) is 6.27. The summed E-state index contributed by atoms with van der Waals surface area (Å²) in [5.41, 5.74) is 1.39. The Morgan fingerprint density at radius 3 is 3.00 bits per heavy atom. The maximum absolute atomic E-state index is 5.58. The Morgan fingerprint density at radius 2 is 2.39 bits per heavy atom. The van der Waals surface area contributed by atoms with Gasteiger partial charge in [-0.1, -0.05) is 6.07 Å². The molecule has 4 nitrogen and oxygen atoms in total. The fraction of sp³-hybridized carbons (Fsp3) is 0.643. The highest BCUT2D eigenvalue weighted by Gasteiger charge is 2.35. The topological polar surface area (TPSA) is 37.4 Å². The molecule has 1 saturated heterocycles. The third-order valence-corrected chi connectivity index (χ3v) is 3.50. The third kappa shape index (κ3) is 3.51. The first-order valence-electron chi connectivity index (χ1n) is 6.55. The van der Waals surface area contributed by atoms with Crippen LogP contribution in [0, 0.1) is 5.41 Å². The van der Waals surface area contributed by atoms with Gasteiger partial charge >= 0.3 is 0 Å². The van der Waals surface area contributed by atoms with Gasteiger partial charge in [0.25, 0.3) is 0 Å². The van der Waals surface area contributed by atoms with Crippen LogP contribution in [0.3, 0.4) is 0 Å². The molecule has 1 aromatic rings. The third-order valence-electron chi connectivity index (χ3n) is 3.50. The Kier molecular flexibility index (Phi) is 4.69. The van der Waals surface area contributed by atoms with E-state index in [9.17, 15) is 0 Å². The lowest BCUT2D eigenvalue weighted by Gasteiger charge is -2.32. The van der Waals surface area contributed by atoms with E-state index >= 15 is 0 Å². The van der Waals surface area contributed by atoms with Crippen LogP contribution in [0.4, 0.5) is 0 Å². The Hall–Kier alpha value is -0.970. The normalized spacial score (nSPS) is 23.7. The van der Waals surface area contributed by atoms with E-state index in [0.29, 0.717) is 0 Å². The van der Waals surface area contributed by atoms with E-state index in [-0.39, 0.29) is 5.41 Å². The lowest BCUT2D eigenvalue weighted by atomic mass is 9.86. The van der Waals surface area contributed by atoms with E-state index < -0.39 is 0 Å². The molecule has 2 rings (SSSR count). The van der Waals surface area contributed by atoms with Crippen molar-refractivity contribution in [3.63, 3.8) is 0 Å². The summed E-state index contributed by atoms with van der Waals surface area (Å²) in [6.07, 6.45) is 2.99. The van der Waals surface area contributed by atoms with Crippen LogP contribution >= 0.6 is 0 Å². The number of nitrogens with zero attached hydrogens (tertiary/aromatic N) is 2. The number of ether oxygens (including phenoxy) is 1. The van der Waals surface area contributed by atoms with Gasteiger partial charge < -0.3 is 10.1 Å². The Balaban J connectivity index is 1.91. The molecule has 0 aromatic carbocycles. The highest BCUT2D eigenvalue weighted by molar-refractivity contribution is 5.03. The Bertz CT molecular complexity index is 349. The van der Waals surface area contributed by atoms with E-state index in [4.69, 9.17) is 4.74 Å². The molecular formula is C14H23N3O. The van der Waals surface area contributed by atoms with Crippen molar-refractivity contribution in [1.29, 1.82) is 0 Å². The highest BCUT2D eigenvalue weighted by Crippen LogP contribution is 2.29. The van der Waals surface area contributed by atoms with Crippen LogP contribution in [0.2, 0.25) is 0 Å². The first-order valence-corrected chi connectivity index (χ1v) is 6.55. The predicted molar refractivity (Wildman–Crippen MR) is 72.4 cm³/mol. The molecule has 0 aliphatic carbocycles. The summed E-state index contributed by atoms with van der Waals surface area (Å²) in [4.78, 5) is 6.72. The van der Waals surface area contributed by atoms with E-state index in [1.54, 1.807) is 0 Å².